The van der Waals surface area contributed by atoms with Gasteiger partial charge in [0, 0.05) is 6.61 Å². The lowest BCUT2D eigenvalue weighted by molar-refractivity contribution is 0.284. The third-order valence-electron chi connectivity index (χ3n) is 4.84. The highest BCUT2D eigenvalue weighted by Crippen LogP contribution is 2.45. The average molecular weight is 245 g/mol. The van der Waals surface area contributed by atoms with Gasteiger partial charge in [-0.1, -0.05) is 47.2 Å². The monoisotopic (exact) mass is 244 g/mol. The molecule has 0 aromatic heterocycles. The van der Waals surface area contributed by atoms with E-state index in [4.69, 9.17) is 4.43 Å². The Morgan fingerprint density at radius 2 is 1.80 bits per heavy atom. The van der Waals surface area contributed by atoms with Gasteiger partial charge in [0.25, 0.3) is 0 Å². The Kier molecular flexibility index (Phi) is 4.23. The Hall–Kier alpha value is 0.394. The van der Waals surface area contributed by atoms with E-state index < -0.39 is 17.1 Å². The minimum absolute atomic E-state index is 0.514. The van der Waals surface area contributed by atoms with Gasteiger partial charge in [-0.3, -0.25) is 0 Å². The van der Waals surface area contributed by atoms with Gasteiger partial charge in [0.05, 0.1) is 8.07 Å². The van der Waals surface area contributed by atoms with E-state index in [1.54, 1.807) is 0 Å². The van der Waals surface area contributed by atoms with Crippen molar-refractivity contribution in [3.8, 4) is 0 Å². The van der Waals surface area contributed by atoms with Crippen molar-refractivity contribution in [1.29, 1.82) is 0 Å². The minimum atomic E-state index is -1.16. The van der Waals surface area contributed by atoms with E-state index in [9.17, 15) is 0 Å². The Balaban J connectivity index is 2.69. The second-order valence-electron chi connectivity index (χ2n) is 6.67. The van der Waals surface area contributed by atoms with E-state index in [1.807, 2.05) is 0 Å². The number of hydrogen-bond acceptors (Lipinski definition) is 1. The predicted molar refractivity (Wildman–Crippen MR) is 73.8 cm³/mol. The molecule has 0 bridgehead atoms. The van der Waals surface area contributed by atoms with Gasteiger partial charge in [0.2, 0.25) is 0 Å². The fourth-order valence-corrected chi connectivity index (χ4v) is 11.8. The lowest BCUT2D eigenvalue weighted by Crippen LogP contribution is -2.48. The average Bonchev–Trinajstić information content (AvgIpc) is 2.16. The van der Waals surface area contributed by atoms with Crippen LogP contribution in [0.2, 0.25) is 29.3 Å². The Morgan fingerprint density at radius 1 is 1.20 bits per heavy atom. The molecule has 90 valence electrons. The molecule has 1 fully saturated rings. The Labute approximate surface area is 98.3 Å². The molecule has 1 saturated heterocycles. The van der Waals surface area contributed by atoms with E-state index in [0.29, 0.717) is 5.04 Å². The first-order chi connectivity index (χ1) is 6.77. The summed E-state index contributed by atoms with van der Waals surface area (Å²) in [6.45, 7) is 15.9. The Morgan fingerprint density at radius 3 is 2.20 bits per heavy atom. The van der Waals surface area contributed by atoms with E-state index in [1.165, 1.54) is 18.9 Å². The molecule has 2 unspecified atom stereocenters. The molecule has 0 N–H and O–H groups in total. The quantitative estimate of drug-likeness (QED) is 0.668. The highest BCUT2D eigenvalue weighted by molar-refractivity contribution is 6.90. The van der Waals surface area contributed by atoms with Crippen molar-refractivity contribution in [1.82, 2.24) is 0 Å². The molecule has 0 amide bonds. The van der Waals surface area contributed by atoms with Crippen LogP contribution in [0.1, 0.15) is 40.5 Å². The van der Waals surface area contributed by atoms with Crippen molar-refractivity contribution in [2.75, 3.05) is 6.61 Å². The molecule has 1 aliphatic rings. The topological polar surface area (TPSA) is 9.23 Å². The highest BCUT2D eigenvalue weighted by Gasteiger charge is 2.44. The van der Waals surface area contributed by atoms with Crippen molar-refractivity contribution in [2.24, 2.45) is 0 Å². The van der Waals surface area contributed by atoms with Crippen molar-refractivity contribution >= 4 is 17.1 Å². The maximum atomic E-state index is 6.09. The van der Waals surface area contributed by atoms with E-state index in [0.717, 1.165) is 11.8 Å². The fourth-order valence-electron chi connectivity index (χ4n) is 2.31. The van der Waals surface area contributed by atoms with Crippen molar-refractivity contribution < 1.29 is 4.43 Å². The molecule has 0 radical (unpaired) electrons. The molecule has 0 aromatic rings. The highest BCUT2D eigenvalue weighted by atomic mass is 28.4. The first kappa shape index (κ1) is 13.5. The summed E-state index contributed by atoms with van der Waals surface area (Å²) in [5, 5.41) is 1.43. The molecule has 0 saturated carbocycles. The summed E-state index contributed by atoms with van der Waals surface area (Å²) in [7, 11) is -2.04. The van der Waals surface area contributed by atoms with Crippen molar-refractivity contribution in [3.05, 3.63) is 0 Å². The molecular formula is C12H28OSi2. The zero-order valence-corrected chi connectivity index (χ0v) is 13.5. The Bertz CT molecular complexity index is 202. The van der Waals surface area contributed by atoms with Gasteiger partial charge in [-0.25, -0.2) is 0 Å². The van der Waals surface area contributed by atoms with Gasteiger partial charge in [-0.2, -0.15) is 0 Å². The summed E-state index contributed by atoms with van der Waals surface area (Å²) in [5.74, 6) is 0. The van der Waals surface area contributed by atoms with Crippen LogP contribution in [0.4, 0.5) is 0 Å². The van der Waals surface area contributed by atoms with Crippen LogP contribution in [0.3, 0.4) is 0 Å². The number of hydrogen-bond donors (Lipinski definition) is 0. The molecule has 1 aliphatic heterocycles. The molecule has 1 rings (SSSR count). The molecule has 1 heterocycles. The summed E-state index contributed by atoms with van der Waals surface area (Å²) >= 11 is 0. The summed E-state index contributed by atoms with van der Waals surface area (Å²) in [5.41, 5.74) is 0. The summed E-state index contributed by atoms with van der Waals surface area (Å²) in [4.78, 5) is 0. The van der Waals surface area contributed by atoms with E-state index in [-0.39, 0.29) is 0 Å². The first-order valence-electron chi connectivity index (χ1n) is 6.38. The molecule has 3 heteroatoms. The predicted octanol–water partition coefficient (Wildman–Crippen LogP) is 3.96. The standard InChI is InChI=1S/C12H28OSi2/c1-11(14-10-8-7-9-13-14)15(5,6)12(2,3)4/h11,14H,7-10H2,1-6H3. The van der Waals surface area contributed by atoms with Crippen LogP contribution >= 0.6 is 0 Å². The molecule has 1 nitrogen and oxygen atoms in total. The molecule has 2 atom stereocenters. The third kappa shape index (κ3) is 2.95. The van der Waals surface area contributed by atoms with Gasteiger partial charge in [0.1, 0.15) is 0 Å². The van der Waals surface area contributed by atoms with Crippen LogP contribution < -0.4 is 0 Å². The van der Waals surface area contributed by atoms with Crippen LogP contribution in [0.15, 0.2) is 0 Å². The van der Waals surface area contributed by atoms with Crippen LogP contribution in [0.5, 0.6) is 0 Å². The zero-order valence-electron chi connectivity index (χ0n) is 11.4. The summed E-state index contributed by atoms with van der Waals surface area (Å²) in [6, 6.07) is 1.42. The molecule has 0 aliphatic carbocycles. The third-order valence-corrected chi connectivity index (χ3v) is 17.4. The maximum Gasteiger partial charge on any atom is 0.177 e. The fraction of sp³-hybridized carbons (Fsp3) is 1.00. The summed E-state index contributed by atoms with van der Waals surface area (Å²) in [6.07, 6.45) is 2.73. The second-order valence-corrected chi connectivity index (χ2v) is 16.2. The van der Waals surface area contributed by atoms with Gasteiger partial charge in [-0.05, 0) is 22.7 Å². The van der Waals surface area contributed by atoms with Gasteiger partial charge >= 0.3 is 0 Å². The van der Waals surface area contributed by atoms with E-state index >= 15 is 0 Å². The summed E-state index contributed by atoms with van der Waals surface area (Å²) < 4.78 is 6.09. The smallest absolute Gasteiger partial charge is 0.177 e. The SMILES string of the molecule is CC([SiH]1CCCCO1)[Si](C)(C)C(C)(C)C. The van der Waals surface area contributed by atoms with Gasteiger partial charge in [-0.15, -0.1) is 0 Å². The van der Waals surface area contributed by atoms with E-state index in [2.05, 4.69) is 40.8 Å². The van der Waals surface area contributed by atoms with Gasteiger partial charge in [0.15, 0.2) is 9.04 Å². The zero-order chi connectivity index (χ0) is 11.7. The normalized spacial score (nSPS) is 26.4. The molecular weight excluding hydrogens is 216 g/mol. The van der Waals surface area contributed by atoms with Crippen molar-refractivity contribution in [2.45, 2.75) is 69.9 Å². The maximum absolute atomic E-state index is 6.09. The lowest BCUT2D eigenvalue weighted by atomic mass is 10.2. The van der Waals surface area contributed by atoms with Crippen LogP contribution in [-0.2, 0) is 4.43 Å². The first-order valence-corrected chi connectivity index (χ1v) is 11.4. The molecule has 0 spiro atoms. The minimum Gasteiger partial charge on any atom is -0.420 e. The van der Waals surface area contributed by atoms with Crippen LogP contribution in [0.25, 0.3) is 0 Å². The molecule has 15 heavy (non-hydrogen) atoms. The van der Waals surface area contributed by atoms with Crippen LogP contribution in [-0.4, -0.2) is 23.7 Å². The van der Waals surface area contributed by atoms with Crippen LogP contribution in [0, 0.1) is 0 Å². The van der Waals surface area contributed by atoms with Crippen molar-refractivity contribution in [3.63, 3.8) is 0 Å². The number of rotatable bonds is 2. The molecule has 0 aromatic carbocycles. The van der Waals surface area contributed by atoms with Gasteiger partial charge < -0.3 is 4.43 Å². The second kappa shape index (κ2) is 4.72. The lowest BCUT2D eigenvalue weighted by Gasteiger charge is -2.45. The largest absolute Gasteiger partial charge is 0.420 e.